The Morgan fingerprint density at radius 1 is 0.583 bits per heavy atom. The van der Waals surface area contributed by atoms with Crippen LogP contribution in [0, 0.1) is 5.92 Å². The minimum absolute atomic E-state index is 0. The zero-order chi connectivity index (χ0) is 15.8. The van der Waals surface area contributed by atoms with Crippen LogP contribution in [0.5, 0.6) is 0 Å². The molecule has 0 aromatic heterocycles. The summed E-state index contributed by atoms with van der Waals surface area (Å²) in [5, 5.41) is 0. The molecule has 0 radical (unpaired) electrons. The molecule has 0 aromatic rings. The Labute approximate surface area is 170 Å². The van der Waals surface area contributed by atoms with Crippen LogP contribution in [-0.2, 0) is 0 Å². The van der Waals surface area contributed by atoms with Crippen molar-refractivity contribution in [3.8, 4) is 0 Å². The van der Waals surface area contributed by atoms with E-state index in [1.807, 2.05) is 0 Å². The van der Waals surface area contributed by atoms with E-state index >= 15 is 0 Å². The van der Waals surface area contributed by atoms with Crippen molar-refractivity contribution in [2.24, 2.45) is 17.4 Å². The van der Waals surface area contributed by atoms with Gasteiger partial charge in [-0.05, 0) is 18.9 Å². The summed E-state index contributed by atoms with van der Waals surface area (Å²) in [5.74, 6) is 0.878. The molecule has 0 saturated heterocycles. The van der Waals surface area contributed by atoms with Gasteiger partial charge in [-0.15, -0.1) is 37.2 Å². The Bertz CT molecular complexity index is 202. The normalized spacial score (nSPS) is 10.2. The maximum absolute atomic E-state index is 5.61. The molecule has 0 saturated carbocycles. The van der Waals surface area contributed by atoms with E-state index in [-0.39, 0.29) is 37.2 Å². The molecule has 152 valence electrons. The van der Waals surface area contributed by atoms with Crippen LogP contribution in [-0.4, -0.2) is 37.6 Å². The van der Waals surface area contributed by atoms with E-state index < -0.39 is 0 Å². The van der Waals surface area contributed by atoms with Crippen molar-refractivity contribution in [3.05, 3.63) is 0 Å². The second-order valence-electron chi connectivity index (χ2n) is 6.78. The van der Waals surface area contributed by atoms with E-state index in [2.05, 4.69) is 18.7 Å². The number of hydrogen-bond donors (Lipinski definition) is 2. The van der Waals surface area contributed by atoms with Crippen LogP contribution < -0.4 is 11.5 Å². The smallest absolute Gasteiger partial charge is 0.0105 e. The summed E-state index contributed by atoms with van der Waals surface area (Å²) in [6.07, 6.45) is 14.0. The highest BCUT2D eigenvalue weighted by atomic mass is 35.5. The van der Waals surface area contributed by atoms with Gasteiger partial charge in [0.2, 0.25) is 0 Å². The molecule has 0 spiro atoms. The lowest BCUT2D eigenvalue weighted by Gasteiger charge is -2.20. The maximum Gasteiger partial charge on any atom is 0.0105 e. The molecule has 6 heteroatoms. The highest BCUT2D eigenvalue weighted by molar-refractivity contribution is 5.86. The number of nitrogens with zero attached hydrogens (tertiary/aromatic N) is 1. The van der Waals surface area contributed by atoms with Gasteiger partial charge in [0.1, 0.15) is 0 Å². The van der Waals surface area contributed by atoms with Crippen LogP contribution in [0.15, 0.2) is 0 Å². The second kappa shape index (κ2) is 26.0. The predicted octanol–water partition coefficient (Wildman–Crippen LogP) is 5.03. The summed E-state index contributed by atoms with van der Waals surface area (Å²) in [4.78, 5) is 2.40. The summed E-state index contributed by atoms with van der Waals surface area (Å²) in [6.45, 7) is 9.29. The average molecular weight is 409 g/mol. The lowest BCUT2D eigenvalue weighted by atomic mass is 10.0. The Hall–Kier alpha value is 0.750. The zero-order valence-corrected chi connectivity index (χ0v) is 18.5. The van der Waals surface area contributed by atoms with Crippen LogP contribution in [0.2, 0.25) is 0 Å². The van der Waals surface area contributed by atoms with Crippen molar-refractivity contribution in [3.63, 3.8) is 0 Å². The predicted molar refractivity (Wildman–Crippen MR) is 117 cm³/mol. The molecular weight excluding hydrogens is 365 g/mol. The molecule has 0 amide bonds. The first-order valence-corrected chi connectivity index (χ1v) is 9.33. The molecule has 3 nitrogen and oxygen atoms in total. The molecule has 0 heterocycles. The average Bonchev–Trinajstić information content (AvgIpc) is 2.44. The van der Waals surface area contributed by atoms with Gasteiger partial charge in [-0.1, -0.05) is 71.6 Å². The Kier molecular flexibility index (Phi) is 35.1. The largest absolute Gasteiger partial charge is 0.329 e. The van der Waals surface area contributed by atoms with Crippen LogP contribution in [0.3, 0.4) is 0 Å². The fraction of sp³-hybridized carbons (Fsp3) is 1.00. The molecule has 4 N–H and O–H groups in total. The number of rotatable bonds is 16. The van der Waals surface area contributed by atoms with Gasteiger partial charge in [-0.2, -0.15) is 0 Å². The third-order valence-corrected chi connectivity index (χ3v) is 4.15. The fourth-order valence-electron chi connectivity index (χ4n) is 2.83. The minimum Gasteiger partial charge on any atom is -0.329 e. The monoisotopic (exact) mass is 407 g/mol. The Morgan fingerprint density at radius 2 is 0.958 bits per heavy atom. The van der Waals surface area contributed by atoms with Gasteiger partial charge in [-0.25, -0.2) is 0 Å². The van der Waals surface area contributed by atoms with Crippen molar-refractivity contribution >= 4 is 37.2 Å². The lowest BCUT2D eigenvalue weighted by Crippen LogP contribution is -2.34. The van der Waals surface area contributed by atoms with Crippen LogP contribution in [0.1, 0.15) is 78.1 Å². The fourth-order valence-corrected chi connectivity index (χ4v) is 2.83. The quantitative estimate of drug-likeness (QED) is 0.352. The highest BCUT2D eigenvalue weighted by Gasteiger charge is 2.01. The standard InChI is InChI=1S/C18H41N3.3ClH/c1-18(2)12-10-8-6-4-3-5-7-9-11-15-21(16-13-19)17-14-20;;;/h18H,3-17,19-20H2,1-2H3;3*1H. The molecule has 0 unspecified atom stereocenters. The van der Waals surface area contributed by atoms with Crippen LogP contribution in [0.4, 0.5) is 0 Å². The van der Waals surface area contributed by atoms with Crippen LogP contribution in [0.25, 0.3) is 0 Å². The molecule has 0 bridgehead atoms. The molecule has 0 aliphatic heterocycles. The van der Waals surface area contributed by atoms with E-state index in [1.165, 1.54) is 70.8 Å². The SMILES string of the molecule is CC(C)CCCCCCCCCCCN(CCN)CCN.Cl.Cl.Cl. The van der Waals surface area contributed by atoms with Crippen molar-refractivity contribution in [1.29, 1.82) is 0 Å². The maximum atomic E-state index is 5.61. The number of unbranched alkanes of at least 4 members (excludes halogenated alkanes) is 8. The Morgan fingerprint density at radius 3 is 1.33 bits per heavy atom. The topological polar surface area (TPSA) is 55.3 Å². The molecule has 0 aliphatic carbocycles. The van der Waals surface area contributed by atoms with E-state index in [0.29, 0.717) is 0 Å². The first-order chi connectivity index (χ1) is 10.2. The molecule has 0 atom stereocenters. The summed E-state index contributed by atoms with van der Waals surface area (Å²) in [5.41, 5.74) is 11.2. The molecule has 0 rings (SSSR count). The van der Waals surface area contributed by atoms with Crippen molar-refractivity contribution < 1.29 is 0 Å². The Balaban J connectivity index is -0.000000667. The van der Waals surface area contributed by atoms with Gasteiger partial charge in [0.25, 0.3) is 0 Å². The van der Waals surface area contributed by atoms with Crippen molar-refractivity contribution in [1.82, 2.24) is 4.90 Å². The van der Waals surface area contributed by atoms with E-state index in [4.69, 9.17) is 11.5 Å². The highest BCUT2D eigenvalue weighted by Crippen LogP contribution is 2.13. The van der Waals surface area contributed by atoms with Gasteiger partial charge in [0.15, 0.2) is 0 Å². The van der Waals surface area contributed by atoms with Gasteiger partial charge >= 0.3 is 0 Å². The summed E-state index contributed by atoms with van der Waals surface area (Å²) in [6, 6.07) is 0. The van der Waals surface area contributed by atoms with Crippen LogP contribution >= 0.6 is 37.2 Å². The molecular formula is C18H44Cl3N3. The van der Waals surface area contributed by atoms with E-state index in [0.717, 1.165) is 32.1 Å². The molecule has 0 aliphatic rings. The first kappa shape index (κ1) is 32.4. The first-order valence-electron chi connectivity index (χ1n) is 9.33. The lowest BCUT2D eigenvalue weighted by molar-refractivity contribution is 0.281. The van der Waals surface area contributed by atoms with Gasteiger partial charge in [0.05, 0.1) is 0 Å². The summed E-state index contributed by atoms with van der Waals surface area (Å²) < 4.78 is 0. The van der Waals surface area contributed by atoms with Gasteiger partial charge in [-0.3, -0.25) is 0 Å². The summed E-state index contributed by atoms with van der Waals surface area (Å²) in [7, 11) is 0. The second-order valence-corrected chi connectivity index (χ2v) is 6.78. The number of halogens is 3. The van der Waals surface area contributed by atoms with Gasteiger partial charge in [0, 0.05) is 26.2 Å². The molecule has 24 heavy (non-hydrogen) atoms. The molecule has 0 aromatic carbocycles. The number of nitrogens with two attached hydrogens (primary N) is 2. The number of hydrogen-bond acceptors (Lipinski definition) is 3. The van der Waals surface area contributed by atoms with Gasteiger partial charge < -0.3 is 16.4 Å². The third kappa shape index (κ3) is 25.0. The van der Waals surface area contributed by atoms with Crippen molar-refractivity contribution in [2.45, 2.75) is 78.1 Å². The zero-order valence-electron chi connectivity index (χ0n) is 16.0. The molecule has 0 fully saturated rings. The summed E-state index contributed by atoms with van der Waals surface area (Å²) >= 11 is 0. The van der Waals surface area contributed by atoms with E-state index in [1.54, 1.807) is 0 Å². The third-order valence-electron chi connectivity index (χ3n) is 4.15. The van der Waals surface area contributed by atoms with E-state index in [9.17, 15) is 0 Å². The van der Waals surface area contributed by atoms with Crippen molar-refractivity contribution in [2.75, 3.05) is 32.7 Å². The minimum atomic E-state index is 0.